The standard InChI is InChI=1S/C15H11ClFNO3/c16-11-7-4-8-12(17)14(11)15(21)18(9-13(19)20)10-5-2-1-3-6-10/h1-8H,9H2,(H,19,20). The van der Waals surface area contributed by atoms with E-state index in [4.69, 9.17) is 16.7 Å². The Morgan fingerprint density at radius 3 is 2.33 bits per heavy atom. The molecule has 0 fully saturated rings. The third kappa shape index (κ3) is 3.38. The maximum Gasteiger partial charge on any atom is 0.323 e. The van der Waals surface area contributed by atoms with Crippen LogP contribution in [0.4, 0.5) is 10.1 Å². The van der Waals surface area contributed by atoms with Crippen LogP contribution in [-0.2, 0) is 4.79 Å². The predicted octanol–water partition coefficient (Wildman–Crippen LogP) is 3.21. The highest BCUT2D eigenvalue weighted by Crippen LogP contribution is 2.24. The summed E-state index contributed by atoms with van der Waals surface area (Å²) in [5, 5.41) is 8.90. The lowest BCUT2D eigenvalue weighted by Crippen LogP contribution is -2.36. The molecule has 4 nitrogen and oxygen atoms in total. The highest BCUT2D eigenvalue weighted by atomic mass is 35.5. The Morgan fingerprint density at radius 2 is 1.76 bits per heavy atom. The van der Waals surface area contributed by atoms with E-state index in [-0.39, 0.29) is 10.6 Å². The number of carboxylic acid groups (broad SMARTS) is 1. The average molecular weight is 308 g/mol. The number of para-hydroxylation sites is 1. The minimum Gasteiger partial charge on any atom is -0.480 e. The van der Waals surface area contributed by atoms with Crippen LogP contribution >= 0.6 is 11.6 Å². The van der Waals surface area contributed by atoms with Gasteiger partial charge in [0.1, 0.15) is 12.4 Å². The molecule has 21 heavy (non-hydrogen) atoms. The lowest BCUT2D eigenvalue weighted by molar-refractivity contribution is -0.135. The lowest BCUT2D eigenvalue weighted by atomic mass is 10.1. The summed E-state index contributed by atoms with van der Waals surface area (Å²) >= 11 is 5.86. The van der Waals surface area contributed by atoms with Crippen LogP contribution in [0.1, 0.15) is 10.4 Å². The van der Waals surface area contributed by atoms with Crippen molar-refractivity contribution in [3.63, 3.8) is 0 Å². The van der Waals surface area contributed by atoms with Crippen LogP contribution in [0.15, 0.2) is 48.5 Å². The number of anilines is 1. The van der Waals surface area contributed by atoms with E-state index in [9.17, 15) is 14.0 Å². The van der Waals surface area contributed by atoms with Crippen LogP contribution < -0.4 is 4.90 Å². The number of carbonyl (C=O) groups excluding carboxylic acids is 1. The Labute approximate surface area is 125 Å². The number of amides is 1. The molecule has 1 N–H and O–H groups in total. The van der Waals surface area contributed by atoms with E-state index < -0.39 is 24.2 Å². The monoisotopic (exact) mass is 307 g/mol. The van der Waals surface area contributed by atoms with Gasteiger partial charge in [-0.25, -0.2) is 4.39 Å². The number of hydrogen-bond acceptors (Lipinski definition) is 2. The molecule has 2 aromatic rings. The molecule has 0 radical (unpaired) electrons. The van der Waals surface area contributed by atoms with E-state index in [0.717, 1.165) is 11.0 Å². The third-order valence-electron chi connectivity index (χ3n) is 2.78. The number of rotatable bonds is 4. The normalized spacial score (nSPS) is 10.2. The summed E-state index contributed by atoms with van der Waals surface area (Å²) in [6.45, 7) is -0.590. The zero-order valence-electron chi connectivity index (χ0n) is 10.8. The largest absolute Gasteiger partial charge is 0.480 e. The molecule has 6 heteroatoms. The second-order valence-corrected chi connectivity index (χ2v) is 4.62. The molecule has 0 spiro atoms. The first-order valence-electron chi connectivity index (χ1n) is 6.03. The van der Waals surface area contributed by atoms with Crippen LogP contribution in [0.5, 0.6) is 0 Å². The van der Waals surface area contributed by atoms with Crippen molar-refractivity contribution in [2.45, 2.75) is 0 Å². The Morgan fingerprint density at radius 1 is 1.10 bits per heavy atom. The van der Waals surface area contributed by atoms with Crippen molar-refractivity contribution < 1.29 is 19.1 Å². The second-order valence-electron chi connectivity index (χ2n) is 4.22. The Hall–Kier alpha value is -2.40. The fourth-order valence-corrected chi connectivity index (χ4v) is 2.10. The van der Waals surface area contributed by atoms with E-state index in [2.05, 4.69) is 0 Å². The lowest BCUT2D eigenvalue weighted by Gasteiger charge is -2.21. The maximum atomic E-state index is 13.8. The fraction of sp³-hybridized carbons (Fsp3) is 0.0667. The van der Waals surface area contributed by atoms with Crippen molar-refractivity contribution >= 4 is 29.2 Å². The minimum atomic E-state index is -1.21. The van der Waals surface area contributed by atoms with Gasteiger partial charge in [-0.1, -0.05) is 35.9 Å². The van der Waals surface area contributed by atoms with Crippen LogP contribution in [0, 0.1) is 5.82 Å². The van der Waals surface area contributed by atoms with Gasteiger partial charge in [-0.2, -0.15) is 0 Å². The highest BCUT2D eigenvalue weighted by molar-refractivity contribution is 6.34. The van der Waals surface area contributed by atoms with Crippen LogP contribution in [0.2, 0.25) is 5.02 Å². The molecule has 0 aliphatic heterocycles. The van der Waals surface area contributed by atoms with Gasteiger partial charge >= 0.3 is 5.97 Å². The maximum absolute atomic E-state index is 13.8. The highest BCUT2D eigenvalue weighted by Gasteiger charge is 2.25. The van der Waals surface area contributed by atoms with Crippen molar-refractivity contribution in [3.05, 3.63) is 64.9 Å². The van der Waals surface area contributed by atoms with Crippen LogP contribution in [-0.4, -0.2) is 23.5 Å². The molecule has 0 saturated heterocycles. The van der Waals surface area contributed by atoms with Crippen molar-refractivity contribution in [1.29, 1.82) is 0 Å². The fourth-order valence-electron chi connectivity index (χ4n) is 1.86. The first-order valence-corrected chi connectivity index (χ1v) is 6.41. The smallest absolute Gasteiger partial charge is 0.323 e. The molecule has 0 unspecified atom stereocenters. The topological polar surface area (TPSA) is 57.6 Å². The van der Waals surface area contributed by atoms with Crippen LogP contribution in [0.25, 0.3) is 0 Å². The van der Waals surface area contributed by atoms with Crippen molar-refractivity contribution in [3.8, 4) is 0 Å². The summed E-state index contributed by atoms with van der Waals surface area (Å²) in [5.41, 5.74) is 0.00786. The van der Waals surface area contributed by atoms with Crippen molar-refractivity contribution in [2.24, 2.45) is 0 Å². The number of carbonyl (C=O) groups is 2. The summed E-state index contributed by atoms with van der Waals surface area (Å²) in [6.07, 6.45) is 0. The number of nitrogens with zero attached hydrogens (tertiary/aromatic N) is 1. The van der Waals surface area contributed by atoms with E-state index >= 15 is 0 Å². The number of benzene rings is 2. The number of carboxylic acids is 1. The molecule has 0 aromatic heterocycles. The summed E-state index contributed by atoms with van der Waals surface area (Å²) < 4.78 is 13.8. The molecule has 0 aliphatic carbocycles. The quantitative estimate of drug-likeness (QED) is 0.943. The number of hydrogen-bond donors (Lipinski definition) is 1. The van der Waals surface area contributed by atoms with Gasteiger partial charge in [0.2, 0.25) is 0 Å². The Bertz CT molecular complexity index is 656. The average Bonchev–Trinajstić information content (AvgIpc) is 2.45. The van der Waals surface area contributed by atoms with E-state index in [1.807, 2.05) is 0 Å². The first-order chi connectivity index (χ1) is 10.0. The van der Waals surface area contributed by atoms with E-state index in [1.165, 1.54) is 12.1 Å². The van der Waals surface area contributed by atoms with Crippen molar-refractivity contribution in [1.82, 2.24) is 0 Å². The molecule has 0 aliphatic rings. The molecular weight excluding hydrogens is 297 g/mol. The zero-order valence-corrected chi connectivity index (χ0v) is 11.5. The molecule has 0 saturated carbocycles. The van der Waals surface area contributed by atoms with Gasteiger partial charge in [0.15, 0.2) is 0 Å². The summed E-state index contributed by atoms with van der Waals surface area (Å²) in [4.78, 5) is 24.4. The van der Waals surface area contributed by atoms with Crippen molar-refractivity contribution in [2.75, 3.05) is 11.4 Å². The Balaban J connectivity index is 2.46. The van der Waals surface area contributed by atoms with Gasteiger partial charge in [-0.3, -0.25) is 14.5 Å². The molecule has 2 rings (SSSR count). The van der Waals surface area contributed by atoms with Gasteiger partial charge in [-0.05, 0) is 24.3 Å². The molecule has 0 heterocycles. The molecule has 0 bridgehead atoms. The zero-order chi connectivity index (χ0) is 15.4. The van der Waals surface area contributed by atoms with Gasteiger partial charge in [-0.15, -0.1) is 0 Å². The van der Waals surface area contributed by atoms with Gasteiger partial charge in [0, 0.05) is 5.69 Å². The minimum absolute atomic E-state index is 0.0636. The summed E-state index contributed by atoms with van der Waals surface area (Å²) in [6, 6.07) is 12.0. The molecule has 0 atom stereocenters. The summed E-state index contributed by atoms with van der Waals surface area (Å²) in [7, 11) is 0. The van der Waals surface area contributed by atoms with E-state index in [1.54, 1.807) is 30.3 Å². The Kier molecular flexibility index (Phi) is 4.55. The van der Waals surface area contributed by atoms with Gasteiger partial charge in [0.25, 0.3) is 5.91 Å². The molecular formula is C15H11ClFNO3. The first kappa shape index (κ1) is 15.0. The summed E-state index contributed by atoms with van der Waals surface area (Å²) in [5.74, 6) is -2.80. The van der Waals surface area contributed by atoms with Crippen LogP contribution in [0.3, 0.4) is 0 Å². The van der Waals surface area contributed by atoms with Gasteiger partial charge in [0.05, 0.1) is 10.6 Å². The predicted molar refractivity (Wildman–Crippen MR) is 77.2 cm³/mol. The number of aliphatic carboxylic acids is 1. The van der Waals surface area contributed by atoms with E-state index in [0.29, 0.717) is 5.69 Å². The molecule has 108 valence electrons. The molecule has 2 aromatic carbocycles. The second kappa shape index (κ2) is 6.37. The third-order valence-corrected chi connectivity index (χ3v) is 3.10. The molecule has 1 amide bonds. The van der Waals surface area contributed by atoms with Gasteiger partial charge < -0.3 is 5.11 Å². The SMILES string of the molecule is O=C(O)CN(C(=O)c1c(F)cccc1Cl)c1ccccc1. The number of halogens is 2.